The van der Waals surface area contributed by atoms with E-state index < -0.39 is 0 Å². The molecule has 0 heterocycles. The molecule has 0 N–H and O–H groups in total. The van der Waals surface area contributed by atoms with E-state index in [4.69, 9.17) is 0 Å². The first-order chi connectivity index (χ1) is 9.88. The molecule has 1 aromatic rings. The molecule has 1 aliphatic carbocycles. The van der Waals surface area contributed by atoms with Gasteiger partial charge in [0.25, 0.3) is 0 Å². The van der Waals surface area contributed by atoms with Crippen molar-refractivity contribution >= 4 is 11.8 Å². The highest BCUT2D eigenvalue weighted by Gasteiger charge is 2.19. The van der Waals surface area contributed by atoms with Gasteiger partial charge in [0.05, 0.1) is 0 Å². The van der Waals surface area contributed by atoms with E-state index in [1.165, 1.54) is 56.3 Å². The molecule has 1 aliphatic rings. The van der Waals surface area contributed by atoms with Crippen molar-refractivity contribution in [1.82, 2.24) is 0 Å². The number of hydrogen-bond donors (Lipinski definition) is 0. The van der Waals surface area contributed by atoms with Gasteiger partial charge in [-0.15, -0.1) is 0 Å². The summed E-state index contributed by atoms with van der Waals surface area (Å²) in [6.45, 7) is 2.29. The van der Waals surface area contributed by atoms with Crippen molar-refractivity contribution in [1.29, 1.82) is 0 Å². The van der Waals surface area contributed by atoms with E-state index in [0.29, 0.717) is 5.92 Å². The van der Waals surface area contributed by atoms with Crippen LogP contribution in [0.25, 0.3) is 0 Å². The van der Waals surface area contributed by atoms with Gasteiger partial charge in [-0.3, -0.25) is 0 Å². The van der Waals surface area contributed by atoms with Crippen molar-refractivity contribution in [3.8, 4) is 11.2 Å². The third kappa shape index (κ3) is 5.63. The maximum atomic E-state index is 3.47. The van der Waals surface area contributed by atoms with Crippen LogP contribution >= 0.6 is 11.8 Å². The Morgan fingerprint density at radius 1 is 1.05 bits per heavy atom. The van der Waals surface area contributed by atoms with Gasteiger partial charge in [-0.2, -0.15) is 0 Å². The van der Waals surface area contributed by atoms with E-state index in [1.54, 1.807) is 11.8 Å². The zero-order valence-corrected chi connectivity index (χ0v) is 13.4. The minimum atomic E-state index is 0.647. The van der Waals surface area contributed by atoms with Gasteiger partial charge in [0.15, 0.2) is 0 Å². The molecule has 2 rings (SSSR count). The molecular formula is C19H26S. The van der Waals surface area contributed by atoms with Gasteiger partial charge < -0.3 is 0 Å². The van der Waals surface area contributed by atoms with Gasteiger partial charge in [-0.05, 0) is 60.7 Å². The van der Waals surface area contributed by atoms with Gasteiger partial charge in [0.2, 0.25) is 0 Å². The second-order valence-electron chi connectivity index (χ2n) is 5.87. The van der Waals surface area contributed by atoms with Crippen LogP contribution in [0.1, 0.15) is 58.3 Å². The van der Waals surface area contributed by atoms with Crippen molar-refractivity contribution < 1.29 is 0 Å². The molecule has 1 aromatic carbocycles. The Bertz CT molecular complexity index is 418. The number of hydrogen-bond acceptors (Lipinski definition) is 1. The maximum Gasteiger partial charge on any atom is 0.0212 e. The second kappa shape index (κ2) is 9.14. The summed E-state index contributed by atoms with van der Waals surface area (Å²) in [4.78, 5) is 1.26. The first-order valence-electron chi connectivity index (χ1n) is 8.11. The van der Waals surface area contributed by atoms with Crippen LogP contribution in [0.2, 0.25) is 0 Å². The molecule has 0 bridgehead atoms. The molecule has 1 heteroatoms. The molecule has 0 aromatic heterocycles. The van der Waals surface area contributed by atoms with E-state index in [1.807, 2.05) is 0 Å². The Morgan fingerprint density at radius 2 is 1.80 bits per heavy atom. The average Bonchev–Trinajstić information content (AvgIpc) is 2.50. The highest BCUT2D eigenvalue weighted by molar-refractivity contribution is 8.03. The standard InChI is InChI=1S/C19H26S/c1-2-3-5-8-17-11-13-18(14-12-17)15-16-20-19-9-6-4-7-10-19/h4,6-7,9-10,17-18H,2-3,5,8,11-14H2,1H3. The van der Waals surface area contributed by atoms with Crippen molar-refractivity contribution in [3.05, 3.63) is 30.3 Å². The fourth-order valence-electron chi connectivity index (χ4n) is 2.94. The van der Waals surface area contributed by atoms with Gasteiger partial charge >= 0.3 is 0 Å². The van der Waals surface area contributed by atoms with Crippen LogP contribution in [0.5, 0.6) is 0 Å². The van der Waals surface area contributed by atoms with Gasteiger partial charge in [-0.1, -0.05) is 56.7 Å². The van der Waals surface area contributed by atoms with Crippen LogP contribution in [0.3, 0.4) is 0 Å². The highest BCUT2D eigenvalue weighted by atomic mass is 32.2. The highest BCUT2D eigenvalue weighted by Crippen LogP contribution is 2.32. The molecule has 20 heavy (non-hydrogen) atoms. The Labute approximate surface area is 128 Å². The summed E-state index contributed by atoms with van der Waals surface area (Å²) in [5.41, 5.74) is 0. The lowest BCUT2D eigenvalue weighted by Gasteiger charge is -2.25. The fraction of sp³-hybridized carbons (Fsp3) is 0.579. The minimum absolute atomic E-state index is 0.647. The number of unbranched alkanes of at least 4 members (excludes halogenated alkanes) is 2. The first kappa shape index (κ1) is 15.5. The predicted molar refractivity (Wildman–Crippen MR) is 89.7 cm³/mol. The van der Waals surface area contributed by atoms with Crippen LogP contribution < -0.4 is 0 Å². The van der Waals surface area contributed by atoms with Crippen molar-refractivity contribution in [2.75, 3.05) is 0 Å². The summed E-state index contributed by atoms with van der Waals surface area (Å²) >= 11 is 1.67. The average molecular weight is 286 g/mol. The van der Waals surface area contributed by atoms with Crippen LogP contribution in [-0.4, -0.2) is 0 Å². The van der Waals surface area contributed by atoms with E-state index in [-0.39, 0.29) is 0 Å². The van der Waals surface area contributed by atoms with Crippen LogP contribution in [0.15, 0.2) is 35.2 Å². The quantitative estimate of drug-likeness (QED) is 0.356. The summed E-state index contributed by atoms with van der Waals surface area (Å²) < 4.78 is 0. The van der Waals surface area contributed by atoms with Crippen molar-refractivity contribution in [2.24, 2.45) is 11.8 Å². The van der Waals surface area contributed by atoms with Crippen LogP contribution in [0.4, 0.5) is 0 Å². The lowest BCUT2D eigenvalue weighted by atomic mass is 9.80. The molecule has 0 amide bonds. The summed E-state index contributed by atoms with van der Waals surface area (Å²) in [7, 11) is 0. The summed E-state index contributed by atoms with van der Waals surface area (Å²) in [5.74, 6) is 5.11. The molecular weight excluding hydrogens is 260 g/mol. The number of thioether (sulfide) groups is 1. The zero-order valence-electron chi connectivity index (χ0n) is 12.6. The normalized spacial score (nSPS) is 22.1. The molecule has 0 nitrogen and oxygen atoms in total. The second-order valence-corrected chi connectivity index (χ2v) is 6.75. The molecule has 108 valence electrons. The predicted octanol–water partition coefficient (Wildman–Crippen LogP) is 6.13. The van der Waals surface area contributed by atoms with Gasteiger partial charge in [-0.25, -0.2) is 0 Å². The minimum Gasteiger partial charge on any atom is -0.0875 e. The maximum absolute atomic E-state index is 3.47. The monoisotopic (exact) mass is 286 g/mol. The molecule has 0 atom stereocenters. The topological polar surface area (TPSA) is 0 Å². The van der Waals surface area contributed by atoms with E-state index in [9.17, 15) is 0 Å². The summed E-state index contributed by atoms with van der Waals surface area (Å²) in [6, 6.07) is 10.5. The molecule has 0 aliphatic heterocycles. The number of rotatable bonds is 5. The van der Waals surface area contributed by atoms with E-state index in [2.05, 4.69) is 48.4 Å². The van der Waals surface area contributed by atoms with E-state index >= 15 is 0 Å². The van der Waals surface area contributed by atoms with Gasteiger partial charge in [0.1, 0.15) is 0 Å². The lowest BCUT2D eigenvalue weighted by Crippen LogP contribution is -2.13. The summed E-state index contributed by atoms with van der Waals surface area (Å²) in [5, 5.41) is 3.31. The van der Waals surface area contributed by atoms with E-state index in [0.717, 1.165) is 5.92 Å². The van der Waals surface area contributed by atoms with Crippen LogP contribution in [-0.2, 0) is 0 Å². The zero-order chi connectivity index (χ0) is 14.0. The van der Waals surface area contributed by atoms with Crippen molar-refractivity contribution in [2.45, 2.75) is 63.2 Å². The molecule has 1 saturated carbocycles. The molecule has 0 spiro atoms. The first-order valence-corrected chi connectivity index (χ1v) is 8.92. The smallest absolute Gasteiger partial charge is 0.0212 e. The summed E-state index contributed by atoms with van der Waals surface area (Å²) in [6.07, 6.45) is 11.1. The molecule has 1 fully saturated rings. The Hall–Kier alpha value is -0.870. The largest absolute Gasteiger partial charge is 0.0875 e. The third-order valence-corrected chi connectivity index (χ3v) is 4.97. The van der Waals surface area contributed by atoms with Crippen molar-refractivity contribution in [3.63, 3.8) is 0 Å². The number of benzene rings is 1. The molecule has 0 unspecified atom stereocenters. The van der Waals surface area contributed by atoms with Gasteiger partial charge in [0, 0.05) is 10.8 Å². The third-order valence-electron chi connectivity index (χ3n) is 4.24. The fourth-order valence-corrected chi connectivity index (χ4v) is 3.58. The molecule has 0 radical (unpaired) electrons. The lowest BCUT2D eigenvalue weighted by molar-refractivity contribution is 0.294. The Morgan fingerprint density at radius 3 is 2.50 bits per heavy atom. The Kier molecular flexibility index (Phi) is 7.09. The molecule has 0 saturated heterocycles. The Balaban J connectivity index is 1.67. The van der Waals surface area contributed by atoms with Crippen LogP contribution in [0, 0.1) is 23.0 Å². The SMILES string of the molecule is CCCCCC1CCC(C#CSc2ccccc2)CC1.